The predicted molar refractivity (Wildman–Crippen MR) is 110 cm³/mol. The highest BCUT2D eigenvalue weighted by Gasteiger charge is 2.23. The largest absolute Gasteiger partial charge is 0.508 e. The number of benzene rings is 2. The number of nitrogens with one attached hydrogen (secondary N) is 1. The number of aromatic hydroxyl groups is 3. The number of imidazole rings is 1. The Morgan fingerprint density at radius 3 is 2.63 bits per heavy atom. The van der Waals surface area contributed by atoms with Gasteiger partial charge in [0.2, 0.25) is 11.2 Å². The van der Waals surface area contributed by atoms with Gasteiger partial charge in [-0.15, -0.1) is 0 Å². The molecule has 4 rings (SSSR count). The lowest BCUT2D eigenvalue weighted by molar-refractivity contribution is 0.415. The van der Waals surface area contributed by atoms with E-state index in [0.717, 1.165) is 0 Å². The van der Waals surface area contributed by atoms with Crippen molar-refractivity contribution in [2.75, 3.05) is 7.11 Å². The summed E-state index contributed by atoms with van der Waals surface area (Å²) in [4.78, 5) is 19.7. The van der Waals surface area contributed by atoms with Gasteiger partial charge in [0.15, 0.2) is 5.76 Å². The molecular weight excluding hydrogens is 388 g/mol. The maximum absolute atomic E-state index is 12.1. The topological polar surface area (TPSA) is 129 Å². The molecule has 0 atom stereocenters. The number of phenolic OH excluding ortho intramolecular Hbond substituents is 2. The van der Waals surface area contributed by atoms with E-state index in [4.69, 9.17) is 9.15 Å². The molecule has 30 heavy (non-hydrogen) atoms. The molecule has 8 heteroatoms. The van der Waals surface area contributed by atoms with Crippen molar-refractivity contribution >= 4 is 0 Å². The molecule has 0 unspecified atom stereocenters. The van der Waals surface area contributed by atoms with Crippen molar-refractivity contribution < 1.29 is 24.5 Å². The van der Waals surface area contributed by atoms with Crippen LogP contribution in [0.15, 0.2) is 57.7 Å². The van der Waals surface area contributed by atoms with Crippen molar-refractivity contribution in [3.63, 3.8) is 0 Å². The van der Waals surface area contributed by atoms with Gasteiger partial charge in [-0.05, 0) is 37.3 Å². The molecule has 0 aliphatic rings. The maximum atomic E-state index is 12.1. The first-order valence-electron chi connectivity index (χ1n) is 8.98. The molecule has 2 aromatic heterocycles. The van der Waals surface area contributed by atoms with Crippen LogP contribution >= 0.6 is 0 Å². The van der Waals surface area contributed by atoms with Crippen LogP contribution in [0, 0.1) is 6.92 Å². The first-order valence-corrected chi connectivity index (χ1v) is 8.98. The van der Waals surface area contributed by atoms with Gasteiger partial charge in [0.1, 0.15) is 40.2 Å². The fraction of sp³-hybridized carbons (Fsp3) is 0.0909. The third-order valence-electron chi connectivity index (χ3n) is 4.56. The molecule has 4 N–H and O–H groups in total. The molecule has 0 amide bonds. The zero-order chi connectivity index (χ0) is 21.4. The van der Waals surface area contributed by atoms with E-state index in [1.54, 1.807) is 31.2 Å². The van der Waals surface area contributed by atoms with Gasteiger partial charge in [-0.2, -0.15) is 0 Å². The highest BCUT2D eigenvalue weighted by atomic mass is 16.5. The third-order valence-corrected chi connectivity index (χ3v) is 4.56. The van der Waals surface area contributed by atoms with Gasteiger partial charge in [0, 0.05) is 11.6 Å². The van der Waals surface area contributed by atoms with Crippen molar-refractivity contribution in [1.82, 2.24) is 9.97 Å². The van der Waals surface area contributed by atoms with Crippen LogP contribution in [0.4, 0.5) is 0 Å². The Balaban J connectivity index is 2.02. The monoisotopic (exact) mass is 406 g/mol. The van der Waals surface area contributed by atoms with Gasteiger partial charge in [-0.1, -0.05) is 12.1 Å². The van der Waals surface area contributed by atoms with Gasteiger partial charge in [-0.3, -0.25) is 4.79 Å². The number of methoxy groups -OCH3 is 1. The van der Waals surface area contributed by atoms with Crippen LogP contribution in [0.2, 0.25) is 0 Å². The van der Waals surface area contributed by atoms with E-state index in [1.165, 1.54) is 31.4 Å². The van der Waals surface area contributed by atoms with E-state index < -0.39 is 11.2 Å². The van der Waals surface area contributed by atoms with Gasteiger partial charge in [0.25, 0.3) is 0 Å². The number of nitrogens with zero attached hydrogens (tertiary/aromatic N) is 1. The van der Waals surface area contributed by atoms with E-state index in [9.17, 15) is 20.1 Å². The molecule has 0 saturated heterocycles. The molecule has 0 radical (unpaired) electrons. The Bertz CT molecular complexity index is 1310. The van der Waals surface area contributed by atoms with Crippen LogP contribution in [0.3, 0.4) is 0 Å². The number of aryl methyl sites for hydroxylation is 1. The predicted octanol–water partition coefficient (Wildman–Crippen LogP) is 3.80. The molecule has 2 aromatic carbocycles. The molecule has 0 spiro atoms. The summed E-state index contributed by atoms with van der Waals surface area (Å²) in [6, 6.07) is 12.3. The van der Waals surface area contributed by atoms with Crippen LogP contribution in [0.1, 0.15) is 5.76 Å². The third kappa shape index (κ3) is 3.35. The number of ether oxygens (including phenoxy) is 1. The zero-order valence-electron chi connectivity index (χ0n) is 16.1. The summed E-state index contributed by atoms with van der Waals surface area (Å²) in [5.41, 5.74) is 0.853. The average Bonchev–Trinajstić information content (AvgIpc) is 3.17. The van der Waals surface area contributed by atoms with E-state index in [2.05, 4.69) is 9.97 Å². The highest BCUT2D eigenvalue weighted by molar-refractivity contribution is 5.82. The second-order valence-electron chi connectivity index (χ2n) is 6.64. The SMILES string of the molecule is COc1cccc(-c2nc(-c3cc(O)ccc3O)[nH]c2-c2oc(C)cc(=O)c2O)c1. The minimum atomic E-state index is -0.596. The fourth-order valence-corrected chi connectivity index (χ4v) is 3.13. The van der Waals surface area contributed by atoms with Gasteiger partial charge >= 0.3 is 0 Å². The normalized spacial score (nSPS) is 10.9. The number of H-pyrrole nitrogens is 1. The summed E-state index contributed by atoms with van der Waals surface area (Å²) in [7, 11) is 1.53. The van der Waals surface area contributed by atoms with Gasteiger partial charge in [0.05, 0.1) is 12.7 Å². The van der Waals surface area contributed by atoms with Gasteiger partial charge < -0.3 is 29.5 Å². The number of hydrogen-bond acceptors (Lipinski definition) is 7. The van der Waals surface area contributed by atoms with Crippen LogP contribution < -0.4 is 10.2 Å². The summed E-state index contributed by atoms with van der Waals surface area (Å²) < 4.78 is 10.9. The Hall–Kier alpha value is -4.20. The van der Waals surface area contributed by atoms with Crippen molar-refractivity contribution in [3.8, 4) is 57.1 Å². The molecule has 0 saturated carbocycles. The number of rotatable bonds is 4. The second kappa shape index (κ2) is 7.32. The van der Waals surface area contributed by atoms with Gasteiger partial charge in [-0.25, -0.2) is 4.98 Å². The lowest BCUT2D eigenvalue weighted by Crippen LogP contribution is -2.01. The van der Waals surface area contributed by atoms with E-state index >= 15 is 0 Å². The maximum Gasteiger partial charge on any atom is 0.227 e. The van der Waals surface area contributed by atoms with Crippen molar-refractivity contribution in [3.05, 3.63) is 64.5 Å². The first kappa shape index (κ1) is 19.1. The smallest absolute Gasteiger partial charge is 0.227 e. The molecule has 0 bridgehead atoms. The second-order valence-corrected chi connectivity index (χ2v) is 6.64. The molecule has 0 fully saturated rings. The Kier molecular flexibility index (Phi) is 4.67. The van der Waals surface area contributed by atoms with Crippen LogP contribution in [-0.2, 0) is 0 Å². The first-order chi connectivity index (χ1) is 14.4. The van der Waals surface area contributed by atoms with Crippen molar-refractivity contribution in [1.29, 1.82) is 0 Å². The number of phenols is 2. The fourth-order valence-electron chi connectivity index (χ4n) is 3.13. The van der Waals surface area contributed by atoms with E-state index in [0.29, 0.717) is 22.8 Å². The minimum absolute atomic E-state index is 0.0615. The number of aromatic nitrogens is 2. The van der Waals surface area contributed by atoms with Crippen LogP contribution in [0.25, 0.3) is 34.1 Å². The highest BCUT2D eigenvalue weighted by Crippen LogP contribution is 2.39. The Morgan fingerprint density at radius 1 is 1.07 bits per heavy atom. The zero-order valence-corrected chi connectivity index (χ0v) is 16.1. The molecule has 152 valence electrons. The number of hydrogen-bond donors (Lipinski definition) is 4. The quantitative estimate of drug-likeness (QED) is 0.379. The van der Waals surface area contributed by atoms with E-state index in [1.807, 2.05) is 0 Å². The molecule has 2 heterocycles. The van der Waals surface area contributed by atoms with Crippen molar-refractivity contribution in [2.24, 2.45) is 0 Å². The minimum Gasteiger partial charge on any atom is -0.508 e. The molecule has 0 aliphatic heterocycles. The summed E-state index contributed by atoms with van der Waals surface area (Å²) in [6.45, 7) is 1.59. The molecule has 4 aromatic rings. The van der Waals surface area contributed by atoms with Crippen LogP contribution in [-0.4, -0.2) is 32.4 Å². The number of aromatic amines is 1. The Labute approximate surface area is 170 Å². The molecular formula is C22H18N2O6. The Morgan fingerprint density at radius 2 is 1.87 bits per heavy atom. The summed E-state index contributed by atoms with van der Waals surface area (Å²) in [5, 5.41) is 30.4. The molecule has 0 aliphatic carbocycles. The van der Waals surface area contributed by atoms with Crippen LogP contribution in [0.5, 0.6) is 23.0 Å². The summed E-state index contributed by atoms with van der Waals surface area (Å²) >= 11 is 0. The standard InChI is InChI=1S/C22H18N2O6/c1-11-8-17(27)20(28)21(30-11)19-18(12-4-3-5-14(9-12)29-2)23-22(24-19)15-10-13(25)6-7-16(15)26/h3-10,25-26,28H,1-2H3,(H,23,24). The van der Waals surface area contributed by atoms with E-state index in [-0.39, 0.29) is 34.3 Å². The lowest BCUT2D eigenvalue weighted by atomic mass is 10.1. The van der Waals surface area contributed by atoms with Crippen molar-refractivity contribution in [2.45, 2.75) is 6.92 Å². The lowest BCUT2D eigenvalue weighted by Gasteiger charge is -2.06. The molecule has 8 nitrogen and oxygen atoms in total. The summed E-state index contributed by atoms with van der Waals surface area (Å²) in [6.07, 6.45) is 0. The summed E-state index contributed by atoms with van der Waals surface area (Å²) in [5.74, 6) is 0.267. The average molecular weight is 406 g/mol.